The van der Waals surface area contributed by atoms with Crippen molar-refractivity contribution in [2.24, 2.45) is 17.6 Å². The van der Waals surface area contributed by atoms with Crippen molar-refractivity contribution in [3.8, 4) is 0 Å². The first kappa shape index (κ1) is 14.3. The molecule has 2 heterocycles. The molecule has 2 aliphatic heterocycles. The van der Waals surface area contributed by atoms with Gasteiger partial charge in [0.15, 0.2) is 0 Å². The second-order valence-corrected chi connectivity index (χ2v) is 7.15. The first-order valence-corrected chi connectivity index (χ1v) is 8.45. The van der Waals surface area contributed by atoms with Crippen LogP contribution in [-0.4, -0.2) is 42.0 Å². The van der Waals surface area contributed by atoms with Gasteiger partial charge in [-0.3, -0.25) is 9.69 Å². The normalized spacial score (nSPS) is 42.2. The smallest absolute Gasteiger partial charge is 0.223 e. The van der Waals surface area contributed by atoms with Gasteiger partial charge < -0.3 is 11.1 Å². The van der Waals surface area contributed by atoms with Crippen molar-refractivity contribution in [2.75, 3.05) is 13.1 Å². The number of piperidine rings is 1. The zero-order chi connectivity index (χ0) is 14.1. The number of nitrogens with zero attached hydrogens (tertiary/aromatic N) is 1. The van der Waals surface area contributed by atoms with E-state index in [4.69, 9.17) is 5.73 Å². The van der Waals surface area contributed by atoms with Crippen molar-refractivity contribution in [3.05, 3.63) is 0 Å². The van der Waals surface area contributed by atoms with Gasteiger partial charge in [-0.25, -0.2) is 0 Å². The molecule has 0 bridgehead atoms. The van der Waals surface area contributed by atoms with E-state index in [-0.39, 0.29) is 17.9 Å². The van der Waals surface area contributed by atoms with Crippen LogP contribution in [0, 0.1) is 11.8 Å². The van der Waals surface area contributed by atoms with E-state index >= 15 is 0 Å². The van der Waals surface area contributed by atoms with E-state index < -0.39 is 0 Å². The summed E-state index contributed by atoms with van der Waals surface area (Å²) >= 11 is 0. The molecule has 1 amide bonds. The molecule has 0 radical (unpaired) electrons. The third kappa shape index (κ3) is 2.86. The molecule has 5 unspecified atom stereocenters. The highest BCUT2D eigenvalue weighted by molar-refractivity contribution is 5.79. The van der Waals surface area contributed by atoms with Gasteiger partial charge in [0.25, 0.3) is 0 Å². The van der Waals surface area contributed by atoms with E-state index in [0.717, 1.165) is 32.2 Å². The Morgan fingerprint density at radius 1 is 1.15 bits per heavy atom. The second-order valence-electron chi connectivity index (χ2n) is 7.15. The summed E-state index contributed by atoms with van der Waals surface area (Å²) in [5, 5.41) is 3.35. The molecular weight excluding hydrogens is 250 g/mol. The van der Waals surface area contributed by atoms with Crippen LogP contribution in [0.4, 0.5) is 0 Å². The van der Waals surface area contributed by atoms with Crippen LogP contribution in [0.3, 0.4) is 0 Å². The Hall–Kier alpha value is -0.610. The van der Waals surface area contributed by atoms with Crippen LogP contribution in [-0.2, 0) is 4.79 Å². The van der Waals surface area contributed by atoms with E-state index in [1.165, 1.54) is 25.8 Å². The zero-order valence-corrected chi connectivity index (χ0v) is 12.7. The van der Waals surface area contributed by atoms with Gasteiger partial charge >= 0.3 is 0 Å². The van der Waals surface area contributed by atoms with Gasteiger partial charge in [0.2, 0.25) is 5.91 Å². The Morgan fingerprint density at radius 2 is 2.00 bits per heavy atom. The predicted molar refractivity (Wildman–Crippen MR) is 80.2 cm³/mol. The van der Waals surface area contributed by atoms with E-state index in [1.54, 1.807) is 0 Å². The number of nitrogens with one attached hydrogen (secondary N) is 1. The molecule has 0 aromatic rings. The van der Waals surface area contributed by atoms with Crippen molar-refractivity contribution >= 4 is 5.91 Å². The summed E-state index contributed by atoms with van der Waals surface area (Å²) in [5.74, 6) is 0.989. The Kier molecular flexibility index (Phi) is 4.32. The minimum atomic E-state index is 0.152. The second kappa shape index (κ2) is 6.02. The number of carbonyl (C=O) groups is 1. The van der Waals surface area contributed by atoms with E-state index in [1.807, 2.05) is 0 Å². The molecule has 0 spiro atoms. The molecule has 2 saturated heterocycles. The standard InChI is InChI=1S/C16H29N3O/c1-11-5-6-12(10-13(11)17)16(20)18-14-7-9-19-8-3-2-4-15(14)19/h11-15H,2-10,17H2,1H3,(H,18,20). The Morgan fingerprint density at radius 3 is 2.80 bits per heavy atom. The van der Waals surface area contributed by atoms with E-state index in [0.29, 0.717) is 18.0 Å². The summed E-state index contributed by atoms with van der Waals surface area (Å²) in [6.07, 6.45) is 8.01. The number of hydrogen-bond acceptors (Lipinski definition) is 3. The number of fused-ring (bicyclic) bond motifs is 1. The van der Waals surface area contributed by atoms with Crippen LogP contribution in [0.1, 0.15) is 51.9 Å². The molecule has 3 rings (SSSR count). The monoisotopic (exact) mass is 279 g/mol. The fraction of sp³-hybridized carbons (Fsp3) is 0.938. The molecule has 4 nitrogen and oxygen atoms in total. The lowest BCUT2D eigenvalue weighted by Crippen LogP contribution is -2.49. The summed E-state index contributed by atoms with van der Waals surface area (Å²) in [6, 6.07) is 1.19. The maximum Gasteiger partial charge on any atom is 0.223 e. The largest absolute Gasteiger partial charge is 0.352 e. The van der Waals surface area contributed by atoms with Gasteiger partial charge in [-0.1, -0.05) is 13.3 Å². The highest BCUT2D eigenvalue weighted by Gasteiger charge is 2.38. The number of rotatable bonds is 2. The van der Waals surface area contributed by atoms with Gasteiger partial charge in [0.1, 0.15) is 0 Å². The number of amides is 1. The molecule has 1 saturated carbocycles. The first-order valence-electron chi connectivity index (χ1n) is 8.45. The zero-order valence-electron chi connectivity index (χ0n) is 12.7. The molecule has 3 fully saturated rings. The summed E-state index contributed by atoms with van der Waals surface area (Å²) in [7, 11) is 0. The predicted octanol–water partition coefficient (Wildman–Crippen LogP) is 1.49. The maximum atomic E-state index is 12.5. The fourth-order valence-corrected chi connectivity index (χ4v) is 4.31. The maximum absolute atomic E-state index is 12.5. The Balaban J connectivity index is 1.54. The molecule has 3 aliphatic rings. The van der Waals surface area contributed by atoms with E-state index in [9.17, 15) is 4.79 Å². The van der Waals surface area contributed by atoms with Crippen LogP contribution in [0.25, 0.3) is 0 Å². The van der Waals surface area contributed by atoms with Gasteiger partial charge in [0.05, 0.1) is 0 Å². The van der Waals surface area contributed by atoms with Crippen LogP contribution >= 0.6 is 0 Å². The van der Waals surface area contributed by atoms with Crippen molar-refractivity contribution in [3.63, 3.8) is 0 Å². The van der Waals surface area contributed by atoms with Gasteiger partial charge in [0, 0.05) is 30.6 Å². The molecule has 5 atom stereocenters. The van der Waals surface area contributed by atoms with E-state index in [2.05, 4.69) is 17.1 Å². The van der Waals surface area contributed by atoms with Crippen LogP contribution < -0.4 is 11.1 Å². The summed E-state index contributed by atoms with van der Waals surface area (Å²) in [5.41, 5.74) is 6.13. The lowest BCUT2D eigenvalue weighted by Gasteiger charge is -2.35. The lowest BCUT2D eigenvalue weighted by atomic mass is 9.79. The van der Waals surface area contributed by atoms with Crippen LogP contribution in [0.2, 0.25) is 0 Å². The highest BCUT2D eigenvalue weighted by Crippen LogP contribution is 2.30. The van der Waals surface area contributed by atoms with Crippen LogP contribution in [0.5, 0.6) is 0 Å². The summed E-state index contributed by atoms with van der Waals surface area (Å²) in [4.78, 5) is 15.1. The van der Waals surface area contributed by atoms with Crippen LogP contribution in [0.15, 0.2) is 0 Å². The topological polar surface area (TPSA) is 58.4 Å². The third-order valence-corrected chi connectivity index (χ3v) is 5.81. The molecule has 114 valence electrons. The average molecular weight is 279 g/mol. The van der Waals surface area contributed by atoms with Crippen molar-refractivity contribution < 1.29 is 4.79 Å². The fourth-order valence-electron chi connectivity index (χ4n) is 4.31. The highest BCUT2D eigenvalue weighted by atomic mass is 16.2. The number of hydrogen-bond donors (Lipinski definition) is 2. The van der Waals surface area contributed by atoms with Crippen molar-refractivity contribution in [2.45, 2.75) is 70.0 Å². The molecule has 4 heteroatoms. The summed E-state index contributed by atoms with van der Waals surface area (Å²) in [6.45, 7) is 4.59. The number of nitrogens with two attached hydrogens (primary N) is 1. The number of carbonyl (C=O) groups excluding carboxylic acids is 1. The third-order valence-electron chi connectivity index (χ3n) is 5.81. The minimum Gasteiger partial charge on any atom is -0.352 e. The molecule has 20 heavy (non-hydrogen) atoms. The first-order chi connectivity index (χ1) is 9.65. The molecule has 3 N–H and O–H groups in total. The quantitative estimate of drug-likeness (QED) is 0.805. The molecule has 0 aromatic heterocycles. The van der Waals surface area contributed by atoms with Gasteiger partial charge in [-0.15, -0.1) is 0 Å². The summed E-state index contributed by atoms with van der Waals surface area (Å²) < 4.78 is 0. The lowest BCUT2D eigenvalue weighted by molar-refractivity contribution is -0.127. The minimum absolute atomic E-state index is 0.152. The molecule has 0 aromatic carbocycles. The Bertz CT molecular complexity index is 360. The van der Waals surface area contributed by atoms with Crippen molar-refractivity contribution in [1.82, 2.24) is 10.2 Å². The van der Waals surface area contributed by atoms with Gasteiger partial charge in [-0.2, -0.15) is 0 Å². The average Bonchev–Trinajstić information content (AvgIpc) is 2.85. The molecular formula is C16H29N3O. The van der Waals surface area contributed by atoms with Crippen molar-refractivity contribution in [1.29, 1.82) is 0 Å². The Labute approximate surface area is 122 Å². The SMILES string of the molecule is CC1CCC(C(=O)NC2CCN3CCCCC23)CC1N. The van der Waals surface area contributed by atoms with Gasteiger partial charge in [-0.05, 0) is 51.0 Å². The molecule has 1 aliphatic carbocycles.